The number of hydrogen-bond acceptors (Lipinski definition) is 5. The van der Waals surface area contributed by atoms with Crippen LogP contribution in [0.1, 0.15) is 84.5 Å². The normalized spacial score (nSPS) is 12.3. The van der Waals surface area contributed by atoms with Gasteiger partial charge in [0.1, 0.15) is 6.61 Å². The summed E-state index contributed by atoms with van der Waals surface area (Å²) in [6, 6.07) is 0. The summed E-state index contributed by atoms with van der Waals surface area (Å²) in [6.45, 7) is 3.70. The van der Waals surface area contributed by atoms with Crippen LogP contribution >= 0.6 is 0 Å². The fraction of sp³-hybridized carbons (Fsp3) is 0.789. The van der Waals surface area contributed by atoms with Crippen molar-refractivity contribution in [3.8, 4) is 0 Å². The van der Waals surface area contributed by atoms with Gasteiger partial charge in [0, 0.05) is 0 Å². The maximum absolute atomic E-state index is 11.4. The summed E-state index contributed by atoms with van der Waals surface area (Å²) in [5.74, 6) is -0.952. The van der Waals surface area contributed by atoms with E-state index in [-0.39, 0.29) is 19.4 Å². The minimum Gasteiger partial charge on any atom is -0.463 e. The predicted molar refractivity (Wildman–Crippen MR) is 94.3 cm³/mol. The summed E-state index contributed by atoms with van der Waals surface area (Å²) in [4.78, 5) is 22.7. The largest absolute Gasteiger partial charge is 0.463 e. The van der Waals surface area contributed by atoms with Crippen molar-refractivity contribution in [1.82, 2.24) is 0 Å². The van der Waals surface area contributed by atoms with Gasteiger partial charge in [0.15, 0.2) is 0 Å². The molecular formula is C19H34O5. The highest BCUT2D eigenvalue weighted by Crippen LogP contribution is 2.09. The lowest BCUT2D eigenvalue weighted by molar-refractivity contribution is -0.149. The van der Waals surface area contributed by atoms with Gasteiger partial charge in [0.25, 0.3) is 0 Å². The van der Waals surface area contributed by atoms with Gasteiger partial charge in [0.05, 0.1) is 25.2 Å². The number of aliphatic hydroxyl groups is 1. The van der Waals surface area contributed by atoms with E-state index in [0.717, 1.165) is 12.8 Å². The van der Waals surface area contributed by atoms with Crippen LogP contribution in [0, 0.1) is 0 Å². The molecule has 0 heterocycles. The molecule has 0 aliphatic rings. The van der Waals surface area contributed by atoms with Crippen molar-refractivity contribution in [2.24, 2.45) is 0 Å². The Morgan fingerprint density at radius 1 is 0.958 bits per heavy atom. The number of allylic oxidation sites excluding steroid dienone is 1. The molecular weight excluding hydrogens is 308 g/mol. The predicted octanol–water partition coefficient (Wildman–Crippen LogP) is 4.28. The first-order chi connectivity index (χ1) is 11.6. The average Bonchev–Trinajstić information content (AvgIpc) is 2.56. The van der Waals surface area contributed by atoms with Crippen molar-refractivity contribution in [2.45, 2.75) is 90.6 Å². The molecule has 0 spiro atoms. The number of aliphatic hydroxyl groups excluding tert-OH is 1. The van der Waals surface area contributed by atoms with Crippen LogP contribution < -0.4 is 0 Å². The molecule has 1 atom stereocenters. The molecule has 0 amide bonds. The van der Waals surface area contributed by atoms with E-state index in [1.165, 1.54) is 58.1 Å². The highest BCUT2D eigenvalue weighted by Gasteiger charge is 2.09. The third-order valence-corrected chi connectivity index (χ3v) is 3.54. The van der Waals surface area contributed by atoms with Crippen LogP contribution in [-0.4, -0.2) is 29.8 Å². The fourth-order valence-corrected chi connectivity index (χ4v) is 2.14. The van der Waals surface area contributed by atoms with Crippen molar-refractivity contribution >= 4 is 11.9 Å². The molecule has 0 aliphatic carbocycles. The van der Waals surface area contributed by atoms with E-state index in [0.29, 0.717) is 0 Å². The first-order valence-electron chi connectivity index (χ1n) is 9.24. The van der Waals surface area contributed by atoms with Crippen molar-refractivity contribution in [3.05, 3.63) is 12.3 Å². The molecule has 0 saturated carbocycles. The molecule has 0 rings (SSSR count). The van der Waals surface area contributed by atoms with E-state index in [9.17, 15) is 9.59 Å². The highest BCUT2D eigenvalue weighted by atomic mass is 16.5. The zero-order valence-corrected chi connectivity index (χ0v) is 15.3. The third-order valence-electron chi connectivity index (χ3n) is 3.54. The first-order valence-corrected chi connectivity index (χ1v) is 9.24. The van der Waals surface area contributed by atoms with E-state index in [4.69, 9.17) is 14.6 Å². The molecule has 1 N–H and O–H groups in total. The van der Waals surface area contributed by atoms with Gasteiger partial charge < -0.3 is 14.6 Å². The number of esters is 2. The molecule has 0 aliphatic heterocycles. The Hall–Kier alpha value is -1.36. The zero-order valence-electron chi connectivity index (χ0n) is 15.3. The quantitative estimate of drug-likeness (QED) is 0.273. The molecule has 5 nitrogen and oxygen atoms in total. The van der Waals surface area contributed by atoms with Gasteiger partial charge in [-0.05, 0) is 25.8 Å². The summed E-state index contributed by atoms with van der Waals surface area (Å²) in [5.41, 5.74) is 0. The Morgan fingerprint density at radius 3 is 2.17 bits per heavy atom. The molecule has 0 aromatic heterocycles. The van der Waals surface area contributed by atoms with Crippen LogP contribution in [0.3, 0.4) is 0 Å². The summed E-state index contributed by atoms with van der Waals surface area (Å²) in [7, 11) is 0. The molecule has 0 aromatic carbocycles. The maximum Gasteiger partial charge on any atom is 0.311 e. The van der Waals surface area contributed by atoms with Gasteiger partial charge in [-0.25, -0.2) is 0 Å². The summed E-state index contributed by atoms with van der Waals surface area (Å²) in [5, 5.41) is 8.97. The van der Waals surface area contributed by atoms with Crippen LogP contribution in [0.25, 0.3) is 0 Å². The fourth-order valence-electron chi connectivity index (χ4n) is 2.14. The molecule has 0 radical (unpaired) electrons. The third kappa shape index (κ3) is 17.0. The molecule has 0 bridgehead atoms. The van der Waals surface area contributed by atoms with Gasteiger partial charge in [-0.2, -0.15) is 0 Å². The lowest BCUT2D eigenvalue weighted by atomic mass is 10.1. The van der Waals surface area contributed by atoms with Crippen molar-refractivity contribution in [1.29, 1.82) is 0 Å². The van der Waals surface area contributed by atoms with E-state index < -0.39 is 18.0 Å². The molecule has 5 heteroatoms. The SMILES string of the molecule is CCCCCCCCCCC=COC(=O)CCC(=O)OCC(C)O. The van der Waals surface area contributed by atoms with Crippen LogP contribution in [0.5, 0.6) is 0 Å². The van der Waals surface area contributed by atoms with Gasteiger partial charge in [-0.1, -0.05) is 51.9 Å². The lowest BCUT2D eigenvalue weighted by Gasteiger charge is -2.05. The maximum atomic E-state index is 11.4. The number of unbranched alkanes of at least 4 members (excludes halogenated alkanes) is 8. The van der Waals surface area contributed by atoms with E-state index >= 15 is 0 Å². The molecule has 24 heavy (non-hydrogen) atoms. The van der Waals surface area contributed by atoms with E-state index in [2.05, 4.69) is 6.92 Å². The van der Waals surface area contributed by atoms with Crippen LogP contribution in [0.2, 0.25) is 0 Å². The second kappa shape index (κ2) is 16.5. The standard InChI is InChI=1S/C19H34O5/c1-3-4-5-6-7-8-9-10-11-12-15-23-18(21)13-14-19(22)24-16-17(2)20/h12,15,17,20H,3-11,13-14,16H2,1-2H3. The number of rotatable bonds is 15. The number of carbonyl (C=O) groups excluding carboxylic acids is 2. The monoisotopic (exact) mass is 342 g/mol. The second-order valence-corrected chi connectivity index (χ2v) is 6.16. The second-order valence-electron chi connectivity index (χ2n) is 6.16. The van der Waals surface area contributed by atoms with Crippen LogP contribution in [-0.2, 0) is 19.1 Å². The Balaban J connectivity index is 3.43. The summed E-state index contributed by atoms with van der Waals surface area (Å²) >= 11 is 0. The summed E-state index contributed by atoms with van der Waals surface area (Å²) < 4.78 is 9.66. The van der Waals surface area contributed by atoms with Crippen molar-refractivity contribution in [2.75, 3.05) is 6.61 Å². The van der Waals surface area contributed by atoms with E-state index in [1.54, 1.807) is 0 Å². The molecule has 1 unspecified atom stereocenters. The highest BCUT2D eigenvalue weighted by molar-refractivity contribution is 5.77. The minimum absolute atomic E-state index is 0.0132. The van der Waals surface area contributed by atoms with Gasteiger partial charge in [-0.15, -0.1) is 0 Å². The lowest BCUT2D eigenvalue weighted by Crippen LogP contribution is -2.16. The van der Waals surface area contributed by atoms with E-state index in [1.807, 2.05) is 6.08 Å². The topological polar surface area (TPSA) is 72.8 Å². The van der Waals surface area contributed by atoms with Crippen LogP contribution in [0.15, 0.2) is 12.3 Å². The van der Waals surface area contributed by atoms with Gasteiger partial charge >= 0.3 is 11.9 Å². The van der Waals surface area contributed by atoms with Crippen LogP contribution in [0.4, 0.5) is 0 Å². The first kappa shape index (κ1) is 22.6. The summed E-state index contributed by atoms with van der Waals surface area (Å²) in [6.07, 6.45) is 13.6. The van der Waals surface area contributed by atoms with Crippen molar-refractivity contribution < 1.29 is 24.2 Å². The van der Waals surface area contributed by atoms with Gasteiger partial charge in [0.2, 0.25) is 0 Å². The Morgan fingerprint density at radius 2 is 1.54 bits per heavy atom. The minimum atomic E-state index is -0.694. The molecule has 0 saturated heterocycles. The Kier molecular flexibility index (Phi) is 15.6. The molecule has 140 valence electrons. The zero-order chi connectivity index (χ0) is 18.0. The smallest absolute Gasteiger partial charge is 0.311 e. The van der Waals surface area contributed by atoms with Gasteiger partial charge in [-0.3, -0.25) is 9.59 Å². The number of ether oxygens (including phenoxy) is 2. The number of carbonyl (C=O) groups is 2. The molecule has 0 fully saturated rings. The number of hydrogen-bond donors (Lipinski definition) is 1. The average molecular weight is 342 g/mol. The molecule has 0 aromatic rings. The Bertz CT molecular complexity index is 350. The Labute approximate surface area is 146 Å². The van der Waals surface area contributed by atoms with Crippen molar-refractivity contribution in [3.63, 3.8) is 0 Å².